The summed E-state index contributed by atoms with van der Waals surface area (Å²) in [5, 5.41) is 3.04. The van der Waals surface area contributed by atoms with Crippen LogP contribution in [-0.4, -0.2) is 39.8 Å². The number of thiocarbonyl (C=S) groups is 1. The summed E-state index contributed by atoms with van der Waals surface area (Å²) < 4.78 is 45.9. The summed E-state index contributed by atoms with van der Waals surface area (Å²) in [6.07, 6.45) is -2.70. The molecule has 1 atom stereocenters. The summed E-state index contributed by atoms with van der Waals surface area (Å²) in [5.74, 6) is -1.82. The molecule has 1 aliphatic heterocycles. The zero-order chi connectivity index (χ0) is 19.4. The Kier molecular flexibility index (Phi) is 5.80. The third kappa shape index (κ3) is 4.86. The molecular formula is C16H18F3N5O2S. The van der Waals surface area contributed by atoms with Crippen LogP contribution in [0.3, 0.4) is 0 Å². The van der Waals surface area contributed by atoms with Crippen molar-refractivity contribution in [1.82, 2.24) is 25.7 Å². The quantitative estimate of drug-likeness (QED) is 0.535. The van der Waals surface area contributed by atoms with Gasteiger partial charge in [0.25, 0.3) is 5.91 Å². The van der Waals surface area contributed by atoms with Crippen LogP contribution in [0.1, 0.15) is 18.7 Å². The van der Waals surface area contributed by atoms with E-state index in [0.717, 1.165) is 17.4 Å². The Morgan fingerprint density at radius 2 is 2.11 bits per heavy atom. The lowest BCUT2D eigenvalue weighted by atomic mass is 10.2. The summed E-state index contributed by atoms with van der Waals surface area (Å²) in [5.41, 5.74) is 5.15. The minimum absolute atomic E-state index is 0.0621. The highest BCUT2D eigenvalue weighted by molar-refractivity contribution is 7.80. The molecule has 1 aromatic carbocycles. The second-order valence-corrected chi connectivity index (χ2v) is 6.43. The van der Waals surface area contributed by atoms with Crippen molar-refractivity contribution in [3.8, 4) is 0 Å². The van der Waals surface area contributed by atoms with Gasteiger partial charge in [-0.05, 0) is 37.2 Å². The van der Waals surface area contributed by atoms with Crippen molar-refractivity contribution in [3.63, 3.8) is 0 Å². The van der Waals surface area contributed by atoms with Crippen molar-refractivity contribution in [2.45, 2.75) is 31.7 Å². The number of ether oxygens (including phenoxy) is 1. The molecule has 1 aromatic heterocycles. The number of hydrogen-bond donors (Lipinski definition) is 3. The van der Waals surface area contributed by atoms with E-state index >= 15 is 0 Å². The molecule has 7 nitrogen and oxygen atoms in total. The first-order chi connectivity index (χ1) is 12.8. The number of halogens is 3. The fraction of sp³-hybridized carbons (Fsp3) is 0.438. The molecular weight excluding hydrogens is 383 g/mol. The van der Waals surface area contributed by atoms with Crippen LogP contribution in [0.15, 0.2) is 24.3 Å². The van der Waals surface area contributed by atoms with Gasteiger partial charge in [-0.15, -0.1) is 0 Å². The van der Waals surface area contributed by atoms with Crippen LogP contribution in [0.2, 0.25) is 0 Å². The molecule has 11 heteroatoms. The van der Waals surface area contributed by atoms with E-state index in [0.29, 0.717) is 13.2 Å². The summed E-state index contributed by atoms with van der Waals surface area (Å²) in [6.45, 7) is 0.645. The standard InChI is InChI=1S/C16H18F3N5O2S/c17-16(18,19)14-21-11-5-1-2-6-12(11)24(14)9-13(25)22-23-15(27)20-8-10-4-3-7-26-10/h1-2,5-6,10H,3-4,7-9H2,(H,22,25)(H2,20,23,27)/t10-/m1/s1. The molecule has 1 fully saturated rings. The van der Waals surface area contributed by atoms with Gasteiger partial charge in [0.1, 0.15) is 6.54 Å². The zero-order valence-corrected chi connectivity index (χ0v) is 15.0. The number of para-hydroxylation sites is 2. The van der Waals surface area contributed by atoms with Gasteiger partial charge in [0, 0.05) is 13.2 Å². The lowest BCUT2D eigenvalue weighted by Gasteiger charge is -2.15. The van der Waals surface area contributed by atoms with Gasteiger partial charge >= 0.3 is 6.18 Å². The Labute approximate surface area is 158 Å². The minimum atomic E-state index is -4.68. The molecule has 1 saturated heterocycles. The first-order valence-corrected chi connectivity index (χ1v) is 8.72. The second-order valence-electron chi connectivity index (χ2n) is 6.03. The average molecular weight is 401 g/mol. The first-order valence-electron chi connectivity index (χ1n) is 8.31. The van der Waals surface area contributed by atoms with E-state index in [9.17, 15) is 18.0 Å². The number of carbonyl (C=O) groups is 1. The van der Waals surface area contributed by atoms with Crippen LogP contribution in [0.5, 0.6) is 0 Å². The van der Waals surface area contributed by atoms with E-state index < -0.39 is 24.5 Å². The van der Waals surface area contributed by atoms with Gasteiger partial charge in [-0.2, -0.15) is 13.2 Å². The van der Waals surface area contributed by atoms with Gasteiger partial charge in [0.2, 0.25) is 5.82 Å². The fourth-order valence-electron chi connectivity index (χ4n) is 2.82. The predicted molar refractivity (Wildman–Crippen MR) is 95.6 cm³/mol. The monoisotopic (exact) mass is 401 g/mol. The van der Waals surface area contributed by atoms with Crippen molar-refractivity contribution < 1.29 is 22.7 Å². The summed E-state index contributed by atoms with van der Waals surface area (Å²) in [4.78, 5) is 15.7. The average Bonchev–Trinajstić information content (AvgIpc) is 3.26. The van der Waals surface area contributed by atoms with Crippen LogP contribution in [0, 0.1) is 0 Å². The van der Waals surface area contributed by atoms with E-state index in [4.69, 9.17) is 17.0 Å². The smallest absolute Gasteiger partial charge is 0.376 e. The topological polar surface area (TPSA) is 80.2 Å². The third-order valence-electron chi connectivity index (χ3n) is 4.04. The van der Waals surface area contributed by atoms with E-state index in [1.807, 2.05) is 0 Å². The van der Waals surface area contributed by atoms with Crippen LogP contribution in [0.25, 0.3) is 11.0 Å². The van der Waals surface area contributed by atoms with E-state index in [1.165, 1.54) is 12.1 Å². The Hall–Kier alpha value is -2.40. The molecule has 3 N–H and O–H groups in total. The van der Waals surface area contributed by atoms with Crippen molar-refractivity contribution in [1.29, 1.82) is 0 Å². The summed E-state index contributed by atoms with van der Waals surface area (Å²) >= 11 is 5.03. The molecule has 0 radical (unpaired) electrons. The molecule has 0 unspecified atom stereocenters. The van der Waals surface area contributed by atoms with Crippen LogP contribution in [-0.2, 0) is 22.3 Å². The SMILES string of the molecule is O=C(Cn1c(C(F)(F)F)nc2ccccc21)NNC(=S)NC[C@H]1CCCO1. The van der Waals surface area contributed by atoms with Crippen molar-refractivity contribution >= 4 is 34.3 Å². The number of alkyl halides is 3. The molecule has 1 amide bonds. The molecule has 0 bridgehead atoms. The number of nitrogens with zero attached hydrogens (tertiary/aromatic N) is 2. The normalized spacial score (nSPS) is 17.1. The van der Waals surface area contributed by atoms with Crippen molar-refractivity contribution in [2.24, 2.45) is 0 Å². The molecule has 2 heterocycles. The largest absolute Gasteiger partial charge is 0.449 e. The van der Waals surface area contributed by atoms with Crippen molar-refractivity contribution in [3.05, 3.63) is 30.1 Å². The van der Waals surface area contributed by atoms with Crippen LogP contribution in [0.4, 0.5) is 13.2 Å². The summed E-state index contributed by atoms with van der Waals surface area (Å²) in [6, 6.07) is 6.11. The molecule has 27 heavy (non-hydrogen) atoms. The molecule has 2 aromatic rings. The Morgan fingerprint density at radius 3 is 2.81 bits per heavy atom. The highest BCUT2D eigenvalue weighted by Crippen LogP contribution is 2.31. The highest BCUT2D eigenvalue weighted by atomic mass is 32.1. The number of rotatable bonds is 4. The highest BCUT2D eigenvalue weighted by Gasteiger charge is 2.38. The molecule has 146 valence electrons. The van der Waals surface area contributed by atoms with Gasteiger partial charge in [-0.3, -0.25) is 15.6 Å². The predicted octanol–water partition coefficient (Wildman–Crippen LogP) is 1.73. The summed E-state index contributed by atoms with van der Waals surface area (Å²) in [7, 11) is 0. The molecule has 1 aliphatic rings. The number of aromatic nitrogens is 2. The van der Waals surface area contributed by atoms with E-state index in [-0.39, 0.29) is 22.2 Å². The second kappa shape index (κ2) is 8.09. The Balaban J connectivity index is 1.59. The number of carbonyl (C=O) groups excluding carboxylic acids is 1. The minimum Gasteiger partial charge on any atom is -0.376 e. The number of benzene rings is 1. The zero-order valence-electron chi connectivity index (χ0n) is 14.2. The van der Waals surface area contributed by atoms with Gasteiger partial charge < -0.3 is 14.6 Å². The van der Waals surface area contributed by atoms with Gasteiger partial charge in [0.05, 0.1) is 17.1 Å². The lowest BCUT2D eigenvalue weighted by Crippen LogP contribution is -2.49. The molecule has 0 saturated carbocycles. The van der Waals surface area contributed by atoms with E-state index in [1.54, 1.807) is 12.1 Å². The number of nitrogens with one attached hydrogen (secondary N) is 3. The maximum atomic E-state index is 13.2. The lowest BCUT2D eigenvalue weighted by molar-refractivity contribution is -0.147. The maximum Gasteiger partial charge on any atom is 0.449 e. The molecule has 0 spiro atoms. The van der Waals surface area contributed by atoms with E-state index in [2.05, 4.69) is 21.2 Å². The third-order valence-corrected chi connectivity index (χ3v) is 4.29. The first kappa shape index (κ1) is 19.4. The Bertz CT molecular complexity index is 833. The fourth-order valence-corrected chi connectivity index (χ4v) is 2.95. The van der Waals surface area contributed by atoms with Gasteiger partial charge in [-0.1, -0.05) is 12.1 Å². The van der Waals surface area contributed by atoms with Gasteiger partial charge in [-0.25, -0.2) is 4.98 Å². The number of imidazole rings is 1. The van der Waals surface area contributed by atoms with Crippen molar-refractivity contribution in [2.75, 3.05) is 13.2 Å². The number of hydrogen-bond acceptors (Lipinski definition) is 4. The number of fused-ring (bicyclic) bond motifs is 1. The number of amides is 1. The molecule has 3 rings (SSSR count). The molecule has 0 aliphatic carbocycles. The van der Waals surface area contributed by atoms with Crippen LogP contribution >= 0.6 is 12.2 Å². The Morgan fingerprint density at radius 1 is 1.33 bits per heavy atom. The number of hydrazine groups is 1. The maximum absolute atomic E-state index is 13.2. The van der Waals surface area contributed by atoms with Gasteiger partial charge in [0.15, 0.2) is 5.11 Å². The van der Waals surface area contributed by atoms with Crippen LogP contribution < -0.4 is 16.2 Å².